The van der Waals surface area contributed by atoms with Crippen molar-refractivity contribution < 1.29 is 4.79 Å². The highest BCUT2D eigenvalue weighted by atomic mass is 16.1. The van der Waals surface area contributed by atoms with Gasteiger partial charge in [-0.15, -0.1) is 19.7 Å². The van der Waals surface area contributed by atoms with Gasteiger partial charge < -0.3 is 4.90 Å². The van der Waals surface area contributed by atoms with Gasteiger partial charge in [-0.05, 0) is 0 Å². The lowest BCUT2D eigenvalue weighted by Crippen LogP contribution is -2.46. The second-order valence-corrected chi connectivity index (χ2v) is 3.27. The van der Waals surface area contributed by atoms with E-state index in [1.54, 1.807) is 29.2 Å². The lowest BCUT2D eigenvalue weighted by Gasteiger charge is -2.34. The Bertz CT molecular complexity index is 251. The summed E-state index contributed by atoms with van der Waals surface area (Å²) in [6, 6.07) is 0. The molecule has 16 heavy (non-hydrogen) atoms. The number of carbonyl (C=O) groups excluding carboxylic acids is 1. The molecule has 0 bridgehead atoms. The largest absolute Gasteiger partial charge is 0.322 e. The zero-order chi connectivity index (χ0) is 12.4. The lowest BCUT2D eigenvalue weighted by molar-refractivity contribution is -0.121. The van der Waals surface area contributed by atoms with Gasteiger partial charge in [0.2, 0.25) is 6.41 Å². The minimum atomic E-state index is -0.161. The third-order valence-electron chi connectivity index (χ3n) is 2.13. The van der Waals surface area contributed by atoms with Crippen LogP contribution in [0.5, 0.6) is 0 Å². The molecule has 0 heterocycles. The van der Waals surface area contributed by atoms with Gasteiger partial charge in [-0.3, -0.25) is 9.69 Å². The maximum atomic E-state index is 11.0. The molecular weight excluding hydrogens is 200 g/mol. The molecule has 0 aliphatic rings. The van der Waals surface area contributed by atoms with Crippen LogP contribution >= 0.6 is 0 Å². The quantitative estimate of drug-likeness (QED) is 0.318. The van der Waals surface area contributed by atoms with Gasteiger partial charge in [0.25, 0.3) is 0 Å². The standard InChI is InChI=1S/C13H20N2O/c1-5-9-14(10-6-2)13(8-4)15(12-16)11-7-3/h5-8,12-13H,1-4,9-11H2. The number of rotatable bonds is 10. The first-order valence-corrected chi connectivity index (χ1v) is 5.15. The van der Waals surface area contributed by atoms with Crippen LogP contribution in [0.3, 0.4) is 0 Å². The number of hydrogen-bond acceptors (Lipinski definition) is 2. The maximum absolute atomic E-state index is 11.0. The van der Waals surface area contributed by atoms with E-state index in [1.165, 1.54) is 0 Å². The van der Waals surface area contributed by atoms with E-state index in [0.29, 0.717) is 19.6 Å². The van der Waals surface area contributed by atoms with Gasteiger partial charge in [-0.2, -0.15) is 0 Å². The molecule has 0 radical (unpaired) electrons. The minimum absolute atomic E-state index is 0.161. The van der Waals surface area contributed by atoms with Crippen molar-refractivity contribution in [1.82, 2.24) is 9.80 Å². The van der Waals surface area contributed by atoms with E-state index in [1.807, 2.05) is 4.90 Å². The van der Waals surface area contributed by atoms with Crippen LogP contribution in [-0.2, 0) is 4.79 Å². The van der Waals surface area contributed by atoms with Crippen molar-refractivity contribution in [3.05, 3.63) is 50.6 Å². The van der Waals surface area contributed by atoms with Gasteiger partial charge in [-0.25, -0.2) is 0 Å². The molecule has 3 nitrogen and oxygen atoms in total. The lowest BCUT2D eigenvalue weighted by atomic mass is 10.3. The normalized spacial score (nSPS) is 11.6. The molecule has 1 unspecified atom stereocenters. The Labute approximate surface area is 98.0 Å². The van der Waals surface area contributed by atoms with Gasteiger partial charge in [0.05, 0.1) is 0 Å². The van der Waals surface area contributed by atoms with Crippen LogP contribution in [-0.4, -0.2) is 42.0 Å². The SMILES string of the molecule is C=CCN(C=O)C(C=C)N(CC=C)CC=C. The third-order valence-corrected chi connectivity index (χ3v) is 2.13. The fourth-order valence-electron chi connectivity index (χ4n) is 1.48. The van der Waals surface area contributed by atoms with Gasteiger partial charge in [0.1, 0.15) is 6.17 Å². The molecule has 3 heteroatoms. The Morgan fingerprint density at radius 2 is 1.44 bits per heavy atom. The molecule has 0 rings (SSSR count). The second kappa shape index (κ2) is 8.68. The summed E-state index contributed by atoms with van der Waals surface area (Å²) in [5, 5.41) is 0. The Morgan fingerprint density at radius 1 is 0.938 bits per heavy atom. The van der Waals surface area contributed by atoms with Crippen LogP contribution in [0.25, 0.3) is 0 Å². The molecule has 0 spiro atoms. The number of carbonyl (C=O) groups is 1. The summed E-state index contributed by atoms with van der Waals surface area (Å²) in [5.74, 6) is 0. The topological polar surface area (TPSA) is 23.6 Å². The monoisotopic (exact) mass is 220 g/mol. The number of amides is 1. The zero-order valence-electron chi connectivity index (χ0n) is 9.72. The molecule has 0 fully saturated rings. The first-order chi connectivity index (χ1) is 7.74. The maximum Gasteiger partial charge on any atom is 0.211 e. The fraction of sp³-hybridized carbons (Fsp3) is 0.308. The molecule has 0 aromatic rings. The summed E-state index contributed by atoms with van der Waals surface area (Å²) in [4.78, 5) is 14.6. The van der Waals surface area contributed by atoms with Gasteiger partial charge >= 0.3 is 0 Å². The van der Waals surface area contributed by atoms with Gasteiger partial charge in [0, 0.05) is 19.6 Å². The molecule has 1 amide bonds. The van der Waals surface area contributed by atoms with Crippen molar-refractivity contribution in [2.45, 2.75) is 6.17 Å². The van der Waals surface area contributed by atoms with Crippen molar-refractivity contribution in [1.29, 1.82) is 0 Å². The highest BCUT2D eigenvalue weighted by Gasteiger charge is 2.18. The summed E-state index contributed by atoms with van der Waals surface area (Å²) in [7, 11) is 0. The molecule has 0 N–H and O–H groups in total. The first kappa shape index (κ1) is 14.4. The van der Waals surface area contributed by atoms with E-state index >= 15 is 0 Å². The summed E-state index contributed by atoms with van der Waals surface area (Å²) in [6.07, 6.45) is 7.63. The molecule has 0 aliphatic heterocycles. The van der Waals surface area contributed by atoms with Crippen molar-refractivity contribution in [3.8, 4) is 0 Å². The van der Waals surface area contributed by atoms with Gasteiger partial charge in [0.15, 0.2) is 0 Å². The van der Waals surface area contributed by atoms with Crippen LogP contribution < -0.4 is 0 Å². The second-order valence-electron chi connectivity index (χ2n) is 3.27. The summed E-state index contributed by atoms with van der Waals surface area (Å²) >= 11 is 0. The van der Waals surface area contributed by atoms with E-state index in [4.69, 9.17) is 0 Å². The minimum Gasteiger partial charge on any atom is -0.322 e. The van der Waals surface area contributed by atoms with Gasteiger partial charge in [-0.1, -0.05) is 30.9 Å². The van der Waals surface area contributed by atoms with E-state index < -0.39 is 0 Å². The molecule has 0 aromatic carbocycles. The first-order valence-electron chi connectivity index (χ1n) is 5.15. The molecule has 0 saturated heterocycles. The summed E-state index contributed by atoms with van der Waals surface area (Å²) < 4.78 is 0. The summed E-state index contributed by atoms with van der Waals surface area (Å²) in [6.45, 7) is 16.6. The van der Waals surface area contributed by atoms with Crippen molar-refractivity contribution in [3.63, 3.8) is 0 Å². The Balaban J connectivity index is 4.77. The Morgan fingerprint density at radius 3 is 1.75 bits per heavy atom. The van der Waals surface area contributed by atoms with Crippen LogP contribution in [0.2, 0.25) is 0 Å². The van der Waals surface area contributed by atoms with Crippen LogP contribution in [0, 0.1) is 0 Å². The average Bonchev–Trinajstić information content (AvgIpc) is 2.29. The number of nitrogens with zero attached hydrogens (tertiary/aromatic N) is 2. The molecule has 0 aromatic heterocycles. The smallest absolute Gasteiger partial charge is 0.211 e. The highest BCUT2D eigenvalue weighted by molar-refractivity contribution is 5.48. The Hall–Kier alpha value is -1.61. The predicted molar refractivity (Wildman–Crippen MR) is 68.9 cm³/mol. The van der Waals surface area contributed by atoms with Crippen LogP contribution in [0.15, 0.2) is 50.6 Å². The molecule has 88 valence electrons. The highest BCUT2D eigenvalue weighted by Crippen LogP contribution is 2.06. The van der Waals surface area contributed by atoms with Crippen LogP contribution in [0.4, 0.5) is 0 Å². The van der Waals surface area contributed by atoms with E-state index in [-0.39, 0.29) is 6.17 Å². The molecular formula is C13H20N2O. The van der Waals surface area contributed by atoms with Crippen LogP contribution in [0.1, 0.15) is 0 Å². The van der Waals surface area contributed by atoms with Crippen molar-refractivity contribution in [2.24, 2.45) is 0 Å². The van der Waals surface area contributed by atoms with E-state index in [0.717, 1.165) is 6.41 Å². The van der Waals surface area contributed by atoms with E-state index in [9.17, 15) is 4.79 Å². The van der Waals surface area contributed by atoms with Crippen molar-refractivity contribution in [2.75, 3.05) is 19.6 Å². The number of hydrogen-bond donors (Lipinski definition) is 0. The fourth-order valence-corrected chi connectivity index (χ4v) is 1.48. The molecule has 1 atom stereocenters. The van der Waals surface area contributed by atoms with E-state index in [2.05, 4.69) is 26.3 Å². The summed E-state index contributed by atoms with van der Waals surface area (Å²) in [5.41, 5.74) is 0. The third kappa shape index (κ3) is 4.28. The molecule has 0 saturated carbocycles. The zero-order valence-corrected chi connectivity index (χ0v) is 9.72. The molecule has 0 aliphatic carbocycles. The van der Waals surface area contributed by atoms with Crippen molar-refractivity contribution >= 4 is 6.41 Å². The Kier molecular flexibility index (Phi) is 7.81. The average molecular weight is 220 g/mol. The predicted octanol–water partition coefficient (Wildman–Crippen LogP) is 1.82.